The number of amides is 1. The summed E-state index contributed by atoms with van der Waals surface area (Å²) in [4.78, 5) is 17.9. The number of benzene rings is 2. The zero-order chi connectivity index (χ0) is 22.0. The van der Waals surface area contributed by atoms with Gasteiger partial charge in [0.05, 0.1) is 33.8 Å². The maximum absolute atomic E-state index is 13.4. The highest BCUT2D eigenvalue weighted by atomic mass is 16.5. The molecule has 0 bridgehead atoms. The Bertz CT molecular complexity index is 914. The van der Waals surface area contributed by atoms with Gasteiger partial charge in [0.1, 0.15) is 0 Å². The Balaban J connectivity index is 1.59. The largest absolute Gasteiger partial charge is 0.493 e. The molecule has 2 aliphatic rings. The van der Waals surface area contributed by atoms with Crippen LogP contribution in [0.3, 0.4) is 0 Å². The normalized spacial score (nSPS) is 20.4. The second kappa shape index (κ2) is 9.18. The van der Waals surface area contributed by atoms with Crippen LogP contribution in [0.25, 0.3) is 0 Å². The van der Waals surface area contributed by atoms with Crippen molar-refractivity contribution in [3.63, 3.8) is 0 Å². The molecule has 1 amide bonds. The van der Waals surface area contributed by atoms with Crippen LogP contribution in [0, 0.1) is 0 Å². The molecule has 4 rings (SSSR count). The SMILES string of the molecule is COc1cc(CC(=O)N(C)[C@@H]2c3ccccc3C[C@H]2N2CCCC2)cc(OC)c1OC. The maximum atomic E-state index is 13.4. The van der Waals surface area contributed by atoms with Gasteiger partial charge in [-0.3, -0.25) is 9.69 Å². The van der Waals surface area contributed by atoms with Crippen molar-refractivity contribution in [2.24, 2.45) is 0 Å². The van der Waals surface area contributed by atoms with Gasteiger partial charge in [-0.15, -0.1) is 0 Å². The van der Waals surface area contributed by atoms with Crippen molar-refractivity contribution in [1.29, 1.82) is 0 Å². The second-order valence-electron chi connectivity index (χ2n) is 8.37. The Hall–Kier alpha value is -2.73. The summed E-state index contributed by atoms with van der Waals surface area (Å²) in [7, 11) is 6.70. The lowest BCUT2D eigenvalue weighted by atomic mass is 10.0. The van der Waals surface area contributed by atoms with Crippen molar-refractivity contribution >= 4 is 5.91 Å². The van der Waals surface area contributed by atoms with Gasteiger partial charge in [0.15, 0.2) is 11.5 Å². The molecule has 0 aromatic heterocycles. The molecule has 31 heavy (non-hydrogen) atoms. The lowest BCUT2D eigenvalue weighted by Crippen LogP contribution is -2.44. The van der Waals surface area contributed by atoms with E-state index in [1.54, 1.807) is 21.3 Å². The Morgan fingerprint density at radius 1 is 1.03 bits per heavy atom. The first-order chi connectivity index (χ1) is 15.1. The number of carbonyl (C=O) groups excluding carboxylic acids is 1. The van der Waals surface area contributed by atoms with E-state index in [-0.39, 0.29) is 18.4 Å². The highest BCUT2D eigenvalue weighted by Crippen LogP contribution is 2.41. The fourth-order valence-electron chi connectivity index (χ4n) is 5.11. The van der Waals surface area contributed by atoms with Gasteiger partial charge in [0, 0.05) is 13.1 Å². The van der Waals surface area contributed by atoms with Crippen molar-refractivity contribution in [3.05, 3.63) is 53.1 Å². The lowest BCUT2D eigenvalue weighted by molar-refractivity contribution is -0.132. The number of methoxy groups -OCH3 is 3. The van der Waals surface area contributed by atoms with Crippen LogP contribution in [-0.2, 0) is 17.6 Å². The van der Waals surface area contributed by atoms with E-state index in [9.17, 15) is 4.79 Å². The summed E-state index contributed by atoms with van der Waals surface area (Å²) in [5.41, 5.74) is 3.48. The first kappa shape index (κ1) is 21.5. The zero-order valence-corrected chi connectivity index (χ0v) is 18.9. The summed E-state index contributed by atoms with van der Waals surface area (Å²) < 4.78 is 16.3. The van der Waals surface area contributed by atoms with Crippen molar-refractivity contribution in [2.45, 2.75) is 37.8 Å². The Morgan fingerprint density at radius 3 is 2.29 bits per heavy atom. The van der Waals surface area contributed by atoms with E-state index in [1.807, 2.05) is 24.1 Å². The van der Waals surface area contributed by atoms with Crippen LogP contribution in [0.15, 0.2) is 36.4 Å². The summed E-state index contributed by atoms with van der Waals surface area (Å²) in [6.07, 6.45) is 3.76. The lowest BCUT2D eigenvalue weighted by Gasteiger charge is -2.35. The van der Waals surface area contributed by atoms with E-state index in [0.717, 1.165) is 25.1 Å². The molecule has 2 aromatic rings. The Morgan fingerprint density at radius 2 is 1.68 bits per heavy atom. The summed E-state index contributed by atoms with van der Waals surface area (Å²) in [6.45, 7) is 2.23. The predicted molar refractivity (Wildman–Crippen MR) is 120 cm³/mol. The number of fused-ring (bicyclic) bond motifs is 1. The molecule has 2 aromatic carbocycles. The van der Waals surface area contributed by atoms with Gasteiger partial charge in [-0.05, 0) is 61.2 Å². The van der Waals surface area contributed by atoms with Gasteiger partial charge < -0.3 is 19.1 Å². The molecule has 1 fully saturated rings. The van der Waals surface area contributed by atoms with E-state index >= 15 is 0 Å². The Kier molecular flexibility index (Phi) is 6.37. The smallest absolute Gasteiger partial charge is 0.227 e. The van der Waals surface area contributed by atoms with E-state index in [1.165, 1.54) is 24.0 Å². The number of hydrogen-bond donors (Lipinski definition) is 0. The Labute approximate surface area is 184 Å². The van der Waals surface area contributed by atoms with Crippen molar-refractivity contribution < 1.29 is 19.0 Å². The minimum Gasteiger partial charge on any atom is -0.493 e. The van der Waals surface area contributed by atoms with Crippen LogP contribution < -0.4 is 14.2 Å². The van der Waals surface area contributed by atoms with Crippen LogP contribution in [0.4, 0.5) is 0 Å². The average molecular weight is 425 g/mol. The van der Waals surface area contributed by atoms with Crippen molar-refractivity contribution in [2.75, 3.05) is 41.5 Å². The highest BCUT2D eigenvalue weighted by Gasteiger charge is 2.40. The minimum absolute atomic E-state index is 0.0730. The molecule has 6 nitrogen and oxygen atoms in total. The molecule has 1 aliphatic carbocycles. The minimum atomic E-state index is 0.0730. The average Bonchev–Trinajstić information content (AvgIpc) is 3.45. The van der Waals surface area contributed by atoms with Gasteiger partial charge in [-0.2, -0.15) is 0 Å². The summed E-state index contributed by atoms with van der Waals surface area (Å²) in [6, 6.07) is 12.7. The standard InChI is InChI=1S/C25H32N2O4/c1-26(23(28)15-17-13-21(29-2)25(31-4)22(14-17)30-3)24-19-10-6-5-9-18(19)16-20(24)27-11-7-8-12-27/h5-6,9-10,13-14,20,24H,7-8,11-12,15-16H2,1-4H3/t20-,24-/m1/s1. The summed E-state index contributed by atoms with van der Waals surface area (Å²) in [5.74, 6) is 1.75. The molecule has 0 saturated carbocycles. The monoisotopic (exact) mass is 424 g/mol. The van der Waals surface area contributed by atoms with E-state index in [2.05, 4.69) is 29.2 Å². The molecule has 1 aliphatic heterocycles. The third-order valence-electron chi connectivity index (χ3n) is 6.67. The predicted octanol–water partition coefficient (Wildman–Crippen LogP) is 3.48. The maximum Gasteiger partial charge on any atom is 0.227 e. The third kappa shape index (κ3) is 4.09. The number of nitrogens with zero attached hydrogens (tertiary/aromatic N) is 2. The first-order valence-electron chi connectivity index (χ1n) is 10.9. The van der Waals surface area contributed by atoms with E-state index < -0.39 is 0 Å². The van der Waals surface area contributed by atoms with Crippen molar-refractivity contribution in [3.8, 4) is 17.2 Å². The molecule has 166 valence electrons. The van der Waals surface area contributed by atoms with Gasteiger partial charge in [0.25, 0.3) is 0 Å². The molecule has 0 unspecified atom stereocenters. The molecular weight excluding hydrogens is 392 g/mol. The molecule has 2 atom stereocenters. The van der Waals surface area contributed by atoms with Crippen LogP contribution in [0.1, 0.15) is 35.6 Å². The van der Waals surface area contributed by atoms with Crippen LogP contribution in [0.2, 0.25) is 0 Å². The number of hydrogen-bond acceptors (Lipinski definition) is 5. The highest BCUT2D eigenvalue weighted by molar-refractivity contribution is 5.80. The second-order valence-corrected chi connectivity index (χ2v) is 8.37. The number of likely N-dealkylation sites (N-methyl/N-ethyl adjacent to an activating group) is 1. The van der Waals surface area contributed by atoms with Crippen molar-refractivity contribution in [1.82, 2.24) is 9.80 Å². The number of rotatable bonds is 7. The van der Waals surface area contributed by atoms with Crippen LogP contribution in [0.5, 0.6) is 17.2 Å². The fraction of sp³-hybridized carbons (Fsp3) is 0.480. The molecule has 1 saturated heterocycles. The van der Waals surface area contributed by atoms with Gasteiger partial charge in [0.2, 0.25) is 11.7 Å². The molecular formula is C25H32N2O4. The van der Waals surface area contributed by atoms with E-state index in [0.29, 0.717) is 23.3 Å². The topological polar surface area (TPSA) is 51.2 Å². The van der Waals surface area contributed by atoms with Gasteiger partial charge in [-0.25, -0.2) is 0 Å². The number of carbonyl (C=O) groups is 1. The zero-order valence-electron chi connectivity index (χ0n) is 18.9. The van der Waals surface area contributed by atoms with E-state index in [4.69, 9.17) is 14.2 Å². The summed E-state index contributed by atoms with van der Waals surface area (Å²) >= 11 is 0. The third-order valence-corrected chi connectivity index (χ3v) is 6.67. The van der Waals surface area contributed by atoms with Crippen LogP contribution >= 0.6 is 0 Å². The molecule has 0 N–H and O–H groups in total. The molecule has 0 spiro atoms. The molecule has 1 heterocycles. The van der Waals surface area contributed by atoms with Gasteiger partial charge in [-0.1, -0.05) is 24.3 Å². The fourth-order valence-corrected chi connectivity index (χ4v) is 5.11. The number of ether oxygens (including phenoxy) is 3. The van der Waals surface area contributed by atoms with Crippen LogP contribution in [-0.4, -0.2) is 63.2 Å². The molecule has 6 heteroatoms. The quantitative estimate of drug-likeness (QED) is 0.681. The first-order valence-corrected chi connectivity index (χ1v) is 10.9. The molecule has 0 radical (unpaired) electrons. The summed E-state index contributed by atoms with van der Waals surface area (Å²) in [5, 5.41) is 0. The van der Waals surface area contributed by atoms with Gasteiger partial charge >= 0.3 is 0 Å². The number of likely N-dealkylation sites (tertiary alicyclic amines) is 1.